The molecule has 2 aliphatic carbocycles. The second-order valence-electron chi connectivity index (χ2n) is 10.7. The number of fused-ring (bicyclic) bond motifs is 2. The van der Waals surface area contributed by atoms with Crippen molar-refractivity contribution >= 4 is 31.5 Å². The summed E-state index contributed by atoms with van der Waals surface area (Å²) >= 11 is 1.55. The van der Waals surface area contributed by atoms with Crippen molar-refractivity contribution < 1.29 is 9.47 Å². The monoisotopic (exact) mass is 508 g/mol. The largest absolute Gasteiger partial charge is 0.497 e. The molecule has 1 N–H and O–H groups in total. The third kappa shape index (κ3) is 5.76. The molecule has 35 heavy (non-hydrogen) atoms. The van der Waals surface area contributed by atoms with Gasteiger partial charge in [0, 0.05) is 25.3 Å². The van der Waals surface area contributed by atoms with Gasteiger partial charge in [0.2, 0.25) is 11.1 Å². The second-order valence-corrected chi connectivity index (χ2v) is 17.4. The first-order valence-corrected chi connectivity index (χ1v) is 17.2. The van der Waals surface area contributed by atoms with Gasteiger partial charge in [-0.05, 0) is 96.8 Å². The molecule has 6 nitrogen and oxygen atoms in total. The number of ether oxygens (including phenoxy) is 2. The summed E-state index contributed by atoms with van der Waals surface area (Å²) < 4.78 is 13.4. The summed E-state index contributed by atoms with van der Waals surface area (Å²) in [5.41, 5.74) is 7.25. The maximum Gasteiger partial charge on any atom is 0.228 e. The highest BCUT2D eigenvalue weighted by molar-refractivity contribution is 7.99. The Balaban J connectivity index is 1.42. The topological polar surface area (TPSA) is 61.2 Å². The van der Waals surface area contributed by atoms with E-state index in [2.05, 4.69) is 37.1 Å². The molecule has 1 heterocycles. The first kappa shape index (κ1) is 24.4. The third-order valence-corrected chi connectivity index (χ3v) is 9.37. The summed E-state index contributed by atoms with van der Waals surface area (Å²) in [6.07, 6.45) is 7.10. The lowest BCUT2D eigenvalue weighted by Crippen LogP contribution is -2.22. The summed E-state index contributed by atoms with van der Waals surface area (Å²) in [6, 6.07) is 11.6. The molecule has 8 heteroatoms. The molecule has 0 unspecified atom stereocenters. The molecule has 3 aromatic rings. The highest BCUT2D eigenvalue weighted by Gasteiger charge is 2.25. The summed E-state index contributed by atoms with van der Waals surface area (Å²) in [5, 5.41) is 9.28. The Morgan fingerprint density at radius 3 is 2.46 bits per heavy atom. The number of aromatic nitrogens is 3. The van der Waals surface area contributed by atoms with Gasteiger partial charge in [0.05, 0.1) is 7.11 Å². The number of hydrogen-bond donors (Lipinski definition) is 1. The molecular weight excluding hydrogens is 472 g/mol. The van der Waals surface area contributed by atoms with Gasteiger partial charge in [-0.2, -0.15) is 4.98 Å². The zero-order valence-corrected chi connectivity index (χ0v) is 23.1. The molecule has 2 aromatic carbocycles. The van der Waals surface area contributed by atoms with E-state index in [4.69, 9.17) is 19.6 Å². The van der Waals surface area contributed by atoms with E-state index < -0.39 is 8.07 Å². The molecule has 5 rings (SSSR count). The van der Waals surface area contributed by atoms with E-state index in [1.54, 1.807) is 18.9 Å². The zero-order chi connectivity index (χ0) is 24.4. The van der Waals surface area contributed by atoms with E-state index in [-0.39, 0.29) is 0 Å². The van der Waals surface area contributed by atoms with Crippen LogP contribution in [0.1, 0.15) is 35.1 Å². The standard InChI is InChI=1S/C27H36N4O2SSi/c1-32-21-10-7-11-22(17-21)34-27-29-26(31(30-27)18-33-14-15-35(2,3)4)28-25-23-12-5-8-19(23)16-20-9-6-13-24(20)25/h7,10-11,16-17H,5-6,8-9,12-15,18H2,1-4H3,(H,28,29,30). The van der Waals surface area contributed by atoms with Gasteiger partial charge < -0.3 is 14.8 Å². The van der Waals surface area contributed by atoms with Crippen LogP contribution in [0.4, 0.5) is 11.6 Å². The summed E-state index contributed by atoms with van der Waals surface area (Å²) in [6.45, 7) is 8.27. The highest BCUT2D eigenvalue weighted by Crippen LogP contribution is 2.40. The Hall–Kier alpha value is -2.29. The van der Waals surface area contributed by atoms with Crippen molar-refractivity contribution in [3.63, 3.8) is 0 Å². The van der Waals surface area contributed by atoms with Crippen LogP contribution in [0.3, 0.4) is 0 Å². The minimum atomic E-state index is -1.15. The maximum atomic E-state index is 6.09. The molecule has 1 aromatic heterocycles. The fourth-order valence-corrected chi connectivity index (χ4v) is 6.49. The third-order valence-electron chi connectivity index (χ3n) is 6.82. The van der Waals surface area contributed by atoms with Crippen LogP contribution in [0.2, 0.25) is 25.7 Å². The van der Waals surface area contributed by atoms with Gasteiger partial charge in [-0.25, -0.2) is 4.68 Å². The molecule has 0 aliphatic heterocycles. The molecule has 2 aliphatic rings. The lowest BCUT2D eigenvalue weighted by molar-refractivity contribution is 0.0792. The molecule has 0 saturated carbocycles. The number of nitrogens with one attached hydrogen (secondary N) is 1. The smallest absolute Gasteiger partial charge is 0.228 e. The van der Waals surface area contributed by atoms with Gasteiger partial charge in [-0.1, -0.05) is 31.8 Å². The van der Waals surface area contributed by atoms with Crippen LogP contribution in [0.15, 0.2) is 40.4 Å². The van der Waals surface area contributed by atoms with Crippen LogP contribution in [-0.4, -0.2) is 36.6 Å². The molecule has 0 radical (unpaired) electrons. The number of aryl methyl sites for hydroxylation is 2. The SMILES string of the molecule is COc1cccc(Sc2nc(Nc3c4c(cc5c3CCC5)CCC4)n(COCC[Si](C)(C)C)n2)c1. The van der Waals surface area contributed by atoms with Crippen molar-refractivity contribution in [3.8, 4) is 5.75 Å². The summed E-state index contributed by atoms with van der Waals surface area (Å²) in [4.78, 5) is 5.98. The van der Waals surface area contributed by atoms with Crippen LogP contribution in [0.5, 0.6) is 5.75 Å². The predicted molar refractivity (Wildman–Crippen MR) is 145 cm³/mol. The summed E-state index contributed by atoms with van der Waals surface area (Å²) in [7, 11) is 0.538. The number of methoxy groups -OCH3 is 1. The molecule has 0 amide bonds. The van der Waals surface area contributed by atoms with Crippen LogP contribution in [0, 0.1) is 0 Å². The Morgan fingerprint density at radius 1 is 1.03 bits per heavy atom. The van der Waals surface area contributed by atoms with Crippen molar-refractivity contribution in [1.82, 2.24) is 14.8 Å². The van der Waals surface area contributed by atoms with Gasteiger partial charge in [-0.3, -0.25) is 0 Å². The molecule has 0 atom stereocenters. The predicted octanol–water partition coefficient (Wildman–Crippen LogP) is 6.47. The minimum absolute atomic E-state index is 0.399. The lowest BCUT2D eigenvalue weighted by Gasteiger charge is -2.18. The van der Waals surface area contributed by atoms with E-state index in [1.807, 2.05) is 22.9 Å². The minimum Gasteiger partial charge on any atom is -0.497 e. The second kappa shape index (κ2) is 10.4. The Morgan fingerprint density at radius 2 is 1.77 bits per heavy atom. The van der Waals surface area contributed by atoms with E-state index in [0.717, 1.165) is 42.1 Å². The zero-order valence-electron chi connectivity index (χ0n) is 21.3. The lowest BCUT2D eigenvalue weighted by atomic mass is 9.99. The molecule has 186 valence electrons. The Kier molecular flexibility index (Phi) is 7.23. The van der Waals surface area contributed by atoms with Gasteiger partial charge in [0.1, 0.15) is 12.5 Å². The van der Waals surface area contributed by atoms with Gasteiger partial charge in [0.15, 0.2) is 0 Å². The van der Waals surface area contributed by atoms with Crippen LogP contribution >= 0.6 is 11.8 Å². The van der Waals surface area contributed by atoms with Gasteiger partial charge in [0.25, 0.3) is 0 Å². The molecule has 0 fully saturated rings. The quantitative estimate of drug-likeness (QED) is 0.250. The average molecular weight is 509 g/mol. The molecular formula is C27H36N4O2SSi. The van der Waals surface area contributed by atoms with E-state index in [0.29, 0.717) is 11.9 Å². The van der Waals surface area contributed by atoms with E-state index >= 15 is 0 Å². The van der Waals surface area contributed by atoms with Crippen LogP contribution < -0.4 is 10.1 Å². The highest BCUT2D eigenvalue weighted by atomic mass is 32.2. The van der Waals surface area contributed by atoms with Crippen molar-refractivity contribution in [1.29, 1.82) is 0 Å². The van der Waals surface area contributed by atoms with Gasteiger partial charge >= 0.3 is 0 Å². The number of hydrogen-bond acceptors (Lipinski definition) is 6. The van der Waals surface area contributed by atoms with Gasteiger partial charge in [-0.15, -0.1) is 5.10 Å². The average Bonchev–Trinajstić information content (AvgIpc) is 3.56. The van der Waals surface area contributed by atoms with Crippen molar-refractivity contribution in [3.05, 3.63) is 52.6 Å². The first-order chi connectivity index (χ1) is 16.9. The van der Waals surface area contributed by atoms with Crippen molar-refractivity contribution in [2.45, 2.75) is 81.0 Å². The Bertz CT molecular complexity index is 1170. The maximum absolute atomic E-state index is 6.09. The molecule has 0 spiro atoms. The number of nitrogens with zero attached hydrogens (tertiary/aromatic N) is 3. The van der Waals surface area contributed by atoms with E-state index in [1.165, 1.54) is 53.6 Å². The fourth-order valence-electron chi connectivity index (χ4n) is 4.93. The summed E-state index contributed by atoms with van der Waals surface area (Å²) in [5.74, 6) is 1.59. The number of benzene rings is 2. The normalized spacial score (nSPS) is 14.7. The van der Waals surface area contributed by atoms with E-state index in [9.17, 15) is 0 Å². The fraction of sp³-hybridized carbons (Fsp3) is 0.481. The van der Waals surface area contributed by atoms with Crippen molar-refractivity contribution in [2.75, 3.05) is 19.0 Å². The molecule has 0 bridgehead atoms. The van der Waals surface area contributed by atoms with Crippen molar-refractivity contribution in [2.24, 2.45) is 0 Å². The Labute approximate surface area is 213 Å². The van der Waals surface area contributed by atoms with Crippen LogP contribution in [-0.2, 0) is 37.2 Å². The number of anilines is 2. The molecule has 0 saturated heterocycles. The number of rotatable bonds is 10. The first-order valence-electron chi connectivity index (χ1n) is 12.7. The van der Waals surface area contributed by atoms with Crippen LogP contribution in [0.25, 0.3) is 0 Å².